The molecule has 102 valence electrons. The highest BCUT2D eigenvalue weighted by Crippen LogP contribution is 2.31. The normalized spacial score (nSPS) is 12.6. The Kier molecular flexibility index (Phi) is 5.08. The van der Waals surface area contributed by atoms with Crippen LogP contribution in [0.1, 0.15) is 26.0 Å². The van der Waals surface area contributed by atoms with E-state index in [1.165, 1.54) is 0 Å². The quantitative estimate of drug-likeness (QED) is 0.802. The first-order valence-corrected chi connectivity index (χ1v) is 7.54. The molecule has 0 saturated heterocycles. The monoisotopic (exact) mass is 341 g/mol. The molecule has 0 bridgehead atoms. The van der Waals surface area contributed by atoms with Crippen LogP contribution in [-0.2, 0) is 6.54 Å². The molecule has 0 aliphatic rings. The Labute approximate surface area is 127 Å². The van der Waals surface area contributed by atoms with Crippen molar-refractivity contribution in [3.63, 3.8) is 0 Å². The molecule has 0 aliphatic heterocycles. The molecule has 1 aromatic heterocycles. The molecule has 2 aromatic rings. The third-order valence-corrected chi connectivity index (χ3v) is 3.90. The first-order chi connectivity index (χ1) is 9.10. The van der Waals surface area contributed by atoms with E-state index in [0.717, 1.165) is 34.5 Å². The number of halogens is 2. The third kappa shape index (κ3) is 3.85. The average molecular weight is 343 g/mol. The number of hydrogen-bond donors (Lipinski definition) is 1. The smallest absolute Gasteiger partial charge is 0.135 e. The number of rotatable bonds is 5. The van der Waals surface area contributed by atoms with Crippen molar-refractivity contribution < 1.29 is 4.42 Å². The second-order valence-corrected chi connectivity index (χ2v) is 5.90. The third-order valence-electron chi connectivity index (χ3n) is 3.10. The fourth-order valence-electron chi connectivity index (χ4n) is 1.73. The minimum absolute atomic E-state index is 0.491. The zero-order valence-electron chi connectivity index (χ0n) is 11.0. The van der Waals surface area contributed by atoms with Gasteiger partial charge in [-0.15, -0.1) is 0 Å². The molecular formula is C15H17BrClNO. The van der Waals surface area contributed by atoms with E-state index in [2.05, 4.69) is 35.1 Å². The Morgan fingerprint density at radius 3 is 2.79 bits per heavy atom. The van der Waals surface area contributed by atoms with Crippen molar-refractivity contribution >= 4 is 27.5 Å². The molecule has 0 radical (unpaired) electrons. The highest BCUT2D eigenvalue weighted by atomic mass is 79.9. The van der Waals surface area contributed by atoms with Crippen LogP contribution in [0.3, 0.4) is 0 Å². The maximum absolute atomic E-state index is 6.22. The van der Waals surface area contributed by atoms with Gasteiger partial charge in [-0.25, -0.2) is 0 Å². The molecule has 0 aliphatic carbocycles. The Morgan fingerprint density at radius 2 is 2.11 bits per heavy atom. The number of hydrogen-bond acceptors (Lipinski definition) is 2. The maximum Gasteiger partial charge on any atom is 0.135 e. The zero-order valence-corrected chi connectivity index (χ0v) is 13.4. The lowest BCUT2D eigenvalue weighted by Crippen LogP contribution is -2.24. The minimum Gasteiger partial charge on any atom is -0.460 e. The van der Waals surface area contributed by atoms with Crippen LogP contribution in [0.2, 0.25) is 5.02 Å². The minimum atomic E-state index is 0.491. The van der Waals surface area contributed by atoms with Crippen molar-refractivity contribution in [2.24, 2.45) is 0 Å². The molecule has 1 atom stereocenters. The lowest BCUT2D eigenvalue weighted by molar-refractivity contribution is 0.457. The van der Waals surface area contributed by atoms with Crippen LogP contribution >= 0.6 is 27.5 Å². The Hall–Kier alpha value is -0.770. The topological polar surface area (TPSA) is 25.2 Å². The Morgan fingerprint density at radius 1 is 1.32 bits per heavy atom. The van der Waals surface area contributed by atoms with Gasteiger partial charge in [-0.2, -0.15) is 0 Å². The summed E-state index contributed by atoms with van der Waals surface area (Å²) in [5.41, 5.74) is 0.916. The molecule has 0 fully saturated rings. The van der Waals surface area contributed by atoms with Gasteiger partial charge in [0.15, 0.2) is 0 Å². The van der Waals surface area contributed by atoms with Crippen LogP contribution in [0.15, 0.2) is 39.2 Å². The molecule has 1 aromatic carbocycles. The van der Waals surface area contributed by atoms with Crippen molar-refractivity contribution in [3.8, 4) is 11.3 Å². The van der Waals surface area contributed by atoms with Gasteiger partial charge in [-0.1, -0.05) is 34.5 Å². The van der Waals surface area contributed by atoms with Crippen LogP contribution in [0.4, 0.5) is 0 Å². The van der Waals surface area contributed by atoms with E-state index in [1.54, 1.807) is 0 Å². The predicted octanol–water partition coefficient (Wildman–Crippen LogP) is 5.25. The van der Waals surface area contributed by atoms with Gasteiger partial charge in [0.2, 0.25) is 0 Å². The fraction of sp³-hybridized carbons (Fsp3) is 0.333. The largest absolute Gasteiger partial charge is 0.460 e. The average Bonchev–Trinajstić information content (AvgIpc) is 2.84. The predicted molar refractivity (Wildman–Crippen MR) is 83.4 cm³/mol. The highest BCUT2D eigenvalue weighted by molar-refractivity contribution is 9.10. The molecule has 1 heterocycles. The summed E-state index contributed by atoms with van der Waals surface area (Å²) in [5, 5.41) is 4.09. The van der Waals surface area contributed by atoms with Gasteiger partial charge in [0, 0.05) is 16.1 Å². The Bertz CT molecular complexity index is 553. The molecule has 2 nitrogen and oxygen atoms in total. The van der Waals surface area contributed by atoms with Gasteiger partial charge >= 0.3 is 0 Å². The van der Waals surface area contributed by atoms with E-state index in [-0.39, 0.29) is 0 Å². The maximum atomic E-state index is 6.22. The number of benzene rings is 1. The fourth-order valence-corrected chi connectivity index (χ4v) is 2.49. The molecule has 19 heavy (non-hydrogen) atoms. The van der Waals surface area contributed by atoms with E-state index >= 15 is 0 Å². The summed E-state index contributed by atoms with van der Waals surface area (Å²) in [4.78, 5) is 0. The van der Waals surface area contributed by atoms with Crippen molar-refractivity contribution in [2.45, 2.75) is 32.9 Å². The summed E-state index contributed by atoms with van der Waals surface area (Å²) in [6.07, 6.45) is 1.10. The van der Waals surface area contributed by atoms with Gasteiger partial charge in [-0.3, -0.25) is 0 Å². The van der Waals surface area contributed by atoms with Crippen molar-refractivity contribution in [2.75, 3.05) is 0 Å². The molecule has 1 N–H and O–H groups in total. The van der Waals surface area contributed by atoms with E-state index in [1.807, 2.05) is 30.3 Å². The summed E-state index contributed by atoms with van der Waals surface area (Å²) in [5.74, 6) is 1.73. The van der Waals surface area contributed by atoms with Gasteiger partial charge in [0.05, 0.1) is 11.6 Å². The molecule has 1 unspecified atom stereocenters. The first kappa shape index (κ1) is 14.6. The second-order valence-electron chi connectivity index (χ2n) is 4.58. The van der Waals surface area contributed by atoms with Crippen molar-refractivity contribution in [1.29, 1.82) is 0 Å². The molecule has 0 saturated carbocycles. The van der Waals surface area contributed by atoms with Crippen molar-refractivity contribution in [1.82, 2.24) is 5.32 Å². The van der Waals surface area contributed by atoms with E-state index in [9.17, 15) is 0 Å². The van der Waals surface area contributed by atoms with Crippen LogP contribution < -0.4 is 5.32 Å². The lowest BCUT2D eigenvalue weighted by Gasteiger charge is -2.09. The van der Waals surface area contributed by atoms with Gasteiger partial charge in [-0.05, 0) is 43.7 Å². The van der Waals surface area contributed by atoms with Crippen LogP contribution in [0, 0.1) is 0 Å². The van der Waals surface area contributed by atoms with Crippen LogP contribution in [0.25, 0.3) is 11.3 Å². The second kappa shape index (κ2) is 6.60. The molecular weight excluding hydrogens is 326 g/mol. The lowest BCUT2D eigenvalue weighted by atomic mass is 10.2. The summed E-state index contributed by atoms with van der Waals surface area (Å²) in [6.45, 7) is 5.06. The molecule has 0 amide bonds. The first-order valence-electron chi connectivity index (χ1n) is 6.37. The number of furan rings is 1. The van der Waals surface area contributed by atoms with Crippen LogP contribution in [-0.4, -0.2) is 6.04 Å². The standard InChI is InChI=1S/C15H17BrClNO/c1-3-10(2)18-9-12-5-7-15(19-12)13-6-4-11(16)8-14(13)17/h4-8,10,18H,3,9H2,1-2H3. The SMILES string of the molecule is CCC(C)NCc1ccc(-c2ccc(Br)cc2Cl)o1. The van der Waals surface area contributed by atoms with E-state index < -0.39 is 0 Å². The summed E-state index contributed by atoms with van der Waals surface area (Å²) < 4.78 is 6.79. The molecule has 2 rings (SSSR count). The Balaban J connectivity index is 2.12. The number of nitrogens with one attached hydrogen (secondary N) is 1. The summed E-state index contributed by atoms with van der Waals surface area (Å²) >= 11 is 9.62. The van der Waals surface area contributed by atoms with E-state index in [4.69, 9.17) is 16.0 Å². The van der Waals surface area contributed by atoms with Gasteiger partial charge in [0.1, 0.15) is 11.5 Å². The van der Waals surface area contributed by atoms with Crippen molar-refractivity contribution in [3.05, 3.63) is 45.6 Å². The summed E-state index contributed by atoms with van der Waals surface area (Å²) in [7, 11) is 0. The summed E-state index contributed by atoms with van der Waals surface area (Å²) in [6, 6.07) is 10.2. The van der Waals surface area contributed by atoms with E-state index in [0.29, 0.717) is 11.1 Å². The zero-order chi connectivity index (χ0) is 13.8. The highest BCUT2D eigenvalue weighted by Gasteiger charge is 2.09. The van der Waals surface area contributed by atoms with Gasteiger partial charge < -0.3 is 9.73 Å². The molecule has 4 heteroatoms. The molecule has 0 spiro atoms. The van der Waals surface area contributed by atoms with Crippen LogP contribution in [0.5, 0.6) is 0 Å². The van der Waals surface area contributed by atoms with Gasteiger partial charge in [0.25, 0.3) is 0 Å².